The topological polar surface area (TPSA) is 125 Å². The lowest BCUT2D eigenvalue weighted by atomic mass is 10.2. The first-order valence-electron chi connectivity index (χ1n) is 7.98. The minimum atomic E-state index is -0.817. The number of amides is 1. The molecular formula is C16H15BrFN5O5. The van der Waals surface area contributed by atoms with E-state index in [0.717, 1.165) is 4.57 Å². The number of carbonyl (C=O) groups is 1. The lowest BCUT2D eigenvalue weighted by molar-refractivity contribution is 0.0522. The number of aromatic nitrogens is 4. The summed E-state index contributed by atoms with van der Waals surface area (Å²) in [5.41, 5.74) is -0.127. The van der Waals surface area contributed by atoms with Crippen LogP contribution in [-0.2, 0) is 11.3 Å². The zero-order valence-electron chi connectivity index (χ0n) is 15.0. The number of carbonyl (C=O) groups excluding carboxylic acids is 1. The van der Waals surface area contributed by atoms with Gasteiger partial charge in [0.1, 0.15) is 17.1 Å². The molecule has 148 valence electrons. The van der Waals surface area contributed by atoms with Gasteiger partial charge in [-0.2, -0.15) is 0 Å². The van der Waals surface area contributed by atoms with Gasteiger partial charge < -0.3 is 10.1 Å². The summed E-state index contributed by atoms with van der Waals surface area (Å²) in [5.74, 6) is -1.34. The van der Waals surface area contributed by atoms with Crippen molar-refractivity contribution in [3.05, 3.63) is 44.7 Å². The van der Waals surface area contributed by atoms with Crippen molar-refractivity contribution in [3.63, 3.8) is 0 Å². The molecule has 12 heteroatoms. The Labute approximate surface area is 165 Å². The molecule has 1 amide bonds. The highest BCUT2D eigenvalue weighted by molar-refractivity contribution is 9.10. The summed E-state index contributed by atoms with van der Waals surface area (Å²) in [4.78, 5) is 23.9. The van der Waals surface area contributed by atoms with Crippen LogP contribution in [0.1, 0.15) is 26.5 Å². The van der Waals surface area contributed by atoms with Crippen LogP contribution in [0.25, 0.3) is 17.2 Å². The summed E-state index contributed by atoms with van der Waals surface area (Å²) in [6.45, 7) is 5.08. The average molecular weight is 456 g/mol. The van der Waals surface area contributed by atoms with Crippen LogP contribution in [0.5, 0.6) is 0 Å². The van der Waals surface area contributed by atoms with Crippen molar-refractivity contribution in [2.24, 2.45) is 0 Å². The molecule has 1 N–H and O–H groups in total. The minimum absolute atomic E-state index is 0.0225. The van der Waals surface area contributed by atoms with Crippen LogP contribution in [0.4, 0.5) is 9.18 Å². The monoisotopic (exact) mass is 455 g/mol. The van der Waals surface area contributed by atoms with Gasteiger partial charge in [-0.15, -0.1) is 0 Å². The van der Waals surface area contributed by atoms with E-state index in [4.69, 9.17) is 13.9 Å². The molecule has 10 nitrogen and oxygen atoms in total. The molecule has 0 saturated carbocycles. The van der Waals surface area contributed by atoms with Crippen LogP contribution in [0.3, 0.4) is 0 Å². The molecule has 2 heterocycles. The van der Waals surface area contributed by atoms with Gasteiger partial charge in [-0.05, 0) is 60.1 Å². The molecule has 1 aromatic carbocycles. The van der Waals surface area contributed by atoms with Gasteiger partial charge in [0.25, 0.3) is 0 Å². The van der Waals surface area contributed by atoms with E-state index in [0.29, 0.717) is 0 Å². The van der Waals surface area contributed by atoms with E-state index in [1.807, 2.05) is 0 Å². The fourth-order valence-electron chi connectivity index (χ4n) is 2.21. The number of benzene rings is 1. The summed E-state index contributed by atoms with van der Waals surface area (Å²) in [6, 6.07) is 3.92. The van der Waals surface area contributed by atoms with Crippen molar-refractivity contribution in [1.29, 1.82) is 0 Å². The maximum atomic E-state index is 13.5. The molecule has 0 bridgehead atoms. The fraction of sp³-hybridized carbons (Fsp3) is 0.312. The second kappa shape index (κ2) is 7.54. The third-order valence-electron chi connectivity index (χ3n) is 3.33. The molecule has 0 radical (unpaired) electrons. The van der Waals surface area contributed by atoms with Crippen LogP contribution in [0, 0.1) is 5.82 Å². The van der Waals surface area contributed by atoms with Crippen molar-refractivity contribution in [1.82, 2.24) is 25.4 Å². The van der Waals surface area contributed by atoms with E-state index < -0.39 is 23.3 Å². The molecular weight excluding hydrogens is 441 g/mol. The Balaban J connectivity index is 1.90. The predicted octanol–water partition coefficient (Wildman–Crippen LogP) is 2.80. The average Bonchev–Trinajstić information content (AvgIpc) is 3.20. The second-order valence-corrected chi connectivity index (χ2v) is 7.48. The summed E-state index contributed by atoms with van der Waals surface area (Å²) in [7, 11) is 0. The zero-order valence-corrected chi connectivity index (χ0v) is 16.6. The molecule has 0 fully saturated rings. The van der Waals surface area contributed by atoms with E-state index in [-0.39, 0.29) is 33.9 Å². The summed E-state index contributed by atoms with van der Waals surface area (Å²) in [5, 5.41) is 13.6. The Hall–Kier alpha value is -3.02. The number of hydrogen-bond donors (Lipinski definition) is 1. The Kier molecular flexibility index (Phi) is 5.31. The van der Waals surface area contributed by atoms with Crippen molar-refractivity contribution < 1.29 is 23.1 Å². The van der Waals surface area contributed by atoms with Crippen LogP contribution < -0.4 is 11.1 Å². The summed E-state index contributed by atoms with van der Waals surface area (Å²) in [6.07, 6.45) is -0.665. The Morgan fingerprint density at radius 2 is 2.07 bits per heavy atom. The predicted molar refractivity (Wildman–Crippen MR) is 96.1 cm³/mol. The quantitative estimate of drug-likeness (QED) is 0.636. The standard InChI is InChI=1S/C16H15BrFN5O5/c1-16(2,3)26-14(24)19-7-11-12(21-28-20-11)13-22-27-15(25)23(13)8-4-5-10(18)9(17)6-8/h4-6H,7H2,1-3H3,(H,19,24). The van der Waals surface area contributed by atoms with Crippen LogP contribution >= 0.6 is 15.9 Å². The molecule has 0 aliphatic heterocycles. The minimum Gasteiger partial charge on any atom is -0.444 e. The number of rotatable bonds is 4. The molecule has 0 aliphatic rings. The molecule has 2 aromatic heterocycles. The van der Waals surface area contributed by atoms with Gasteiger partial charge in [0.05, 0.1) is 16.7 Å². The summed E-state index contributed by atoms with van der Waals surface area (Å²) >= 11 is 3.06. The smallest absolute Gasteiger partial charge is 0.444 e. The Morgan fingerprint density at radius 3 is 2.75 bits per heavy atom. The molecule has 3 aromatic rings. The van der Waals surface area contributed by atoms with Gasteiger partial charge in [-0.1, -0.05) is 10.3 Å². The second-order valence-electron chi connectivity index (χ2n) is 6.62. The van der Waals surface area contributed by atoms with Gasteiger partial charge in [-0.25, -0.2) is 23.2 Å². The fourth-order valence-corrected chi connectivity index (χ4v) is 2.58. The summed E-state index contributed by atoms with van der Waals surface area (Å²) < 4.78 is 29.3. The largest absolute Gasteiger partial charge is 0.446 e. The van der Waals surface area contributed by atoms with Gasteiger partial charge in [0.2, 0.25) is 5.82 Å². The first kappa shape index (κ1) is 19.7. The van der Waals surface area contributed by atoms with E-state index >= 15 is 0 Å². The van der Waals surface area contributed by atoms with Crippen molar-refractivity contribution in [2.45, 2.75) is 32.9 Å². The van der Waals surface area contributed by atoms with Crippen LogP contribution in [0.15, 0.2) is 36.6 Å². The molecule has 0 saturated heterocycles. The maximum Gasteiger partial charge on any atom is 0.446 e. The number of hydrogen-bond acceptors (Lipinski definition) is 8. The molecule has 3 rings (SSSR count). The number of nitrogens with one attached hydrogen (secondary N) is 1. The third-order valence-corrected chi connectivity index (χ3v) is 3.94. The zero-order chi connectivity index (χ0) is 20.5. The molecule has 0 atom stereocenters. The van der Waals surface area contributed by atoms with Gasteiger partial charge >= 0.3 is 11.8 Å². The Morgan fingerprint density at radius 1 is 1.32 bits per heavy atom. The van der Waals surface area contributed by atoms with Crippen LogP contribution in [-0.4, -0.2) is 31.7 Å². The van der Waals surface area contributed by atoms with Gasteiger partial charge in [0.15, 0.2) is 5.69 Å². The van der Waals surface area contributed by atoms with Crippen molar-refractivity contribution in [2.75, 3.05) is 0 Å². The highest BCUT2D eigenvalue weighted by Crippen LogP contribution is 2.24. The SMILES string of the molecule is CC(C)(C)OC(=O)NCc1nonc1-c1noc(=O)n1-c1ccc(F)c(Br)c1. The highest BCUT2D eigenvalue weighted by Gasteiger charge is 2.24. The highest BCUT2D eigenvalue weighted by atomic mass is 79.9. The lowest BCUT2D eigenvalue weighted by Crippen LogP contribution is -2.32. The molecule has 0 unspecified atom stereocenters. The first-order valence-corrected chi connectivity index (χ1v) is 8.78. The number of ether oxygens (including phenoxy) is 1. The third kappa shape index (κ3) is 4.27. The lowest BCUT2D eigenvalue weighted by Gasteiger charge is -2.19. The maximum absolute atomic E-state index is 13.5. The van der Waals surface area contributed by atoms with E-state index in [1.165, 1.54) is 18.2 Å². The Bertz CT molecular complexity index is 1070. The number of alkyl carbamates (subject to hydrolysis) is 1. The molecule has 28 heavy (non-hydrogen) atoms. The molecule has 0 spiro atoms. The van der Waals surface area contributed by atoms with Crippen molar-refractivity contribution in [3.8, 4) is 17.2 Å². The first-order chi connectivity index (χ1) is 13.2. The van der Waals surface area contributed by atoms with Gasteiger partial charge in [-0.3, -0.25) is 4.52 Å². The van der Waals surface area contributed by atoms with Crippen molar-refractivity contribution >= 4 is 22.0 Å². The van der Waals surface area contributed by atoms with E-state index in [2.05, 4.69) is 36.7 Å². The van der Waals surface area contributed by atoms with E-state index in [1.54, 1.807) is 20.8 Å². The van der Waals surface area contributed by atoms with Crippen LogP contribution in [0.2, 0.25) is 0 Å². The normalized spacial score (nSPS) is 11.5. The molecule has 0 aliphatic carbocycles. The van der Waals surface area contributed by atoms with Gasteiger partial charge in [0, 0.05) is 0 Å². The van der Waals surface area contributed by atoms with E-state index in [9.17, 15) is 14.0 Å². The number of halogens is 2. The number of nitrogens with zero attached hydrogens (tertiary/aromatic N) is 4.